The summed E-state index contributed by atoms with van der Waals surface area (Å²) in [7, 11) is 3.16. The van der Waals surface area contributed by atoms with Crippen LogP contribution in [0.25, 0.3) is 0 Å². The highest BCUT2D eigenvalue weighted by Crippen LogP contribution is 2.29. The molecule has 0 aromatic heterocycles. The molecule has 1 unspecified atom stereocenters. The van der Waals surface area contributed by atoms with E-state index >= 15 is 0 Å². The molecular formula is C24H34N4O6. The van der Waals surface area contributed by atoms with Crippen LogP contribution >= 0.6 is 0 Å². The summed E-state index contributed by atoms with van der Waals surface area (Å²) in [5.41, 5.74) is 0.396. The van der Waals surface area contributed by atoms with Crippen molar-refractivity contribution in [2.75, 3.05) is 40.3 Å². The molecule has 34 heavy (non-hydrogen) atoms. The third-order valence-corrected chi connectivity index (χ3v) is 5.71. The van der Waals surface area contributed by atoms with Crippen LogP contribution in [-0.2, 0) is 14.4 Å². The normalized spacial score (nSPS) is 13.4. The summed E-state index contributed by atoms with van der Waals surface area (Å²) in [5, 5.41) is 5.32. The topological polar surface area (TPSA) is 125 Å². The van der Waals surface area contributed by atoms with E-state index in [4.69, 9.17) is 4.74 Å². The van der Waals surface area contributed by atoms with Crippen molar-refractivity contribution in [2.45, 2.75) is 45.1 Å². The molecule has 1 heterocycles. The van der Waals surface area contributed by atoms with E-state index < -0.39 is 23.8 Å². The Morgan fingerprint density at radius 1 is 1.12 bits per heavy atom. The molecule has 1 aliphatic rings. The standard InChI is InChI=1S/C24H34N4O6/c1-4-27(21(30)16-25-2)12-6-5-7-14-34-17-10-11-18-19(15-17)24(33)28(23(18)32)20(9-8-13-29)22(31)26-3/h10-11,13,15,20,25H,4-9,12,14,16H2,1-3H3,(H,26,31). The first-order valence-electron chi connectivity index (χ1n) is 11.6. The molecule has 2 rings (SSSR count). The molecule has 0 saturated carbocycles. The molecule has 0 fully saturated rings. The summed E-state index contributed by atoms with van der Waals surface area (Å²) >= 11 is 0. The van der Waals surface area contributed by atoms with Gasteiger partial charge < -0.3 is 25.1 Å². The molecule has 1 aromatic carbocycles. The molecule has 10 heteroatoms. The fourth-order valence-electron chi connectivity index (χ4n) is 3.88. The minimum absolute atomic E-state index is 0.0551. The maximum absolute atomic E-state index is 12.9. The number of carbonyl (C=O) groups excluding carboxylic acids is 5. The highest BCUT2D eigenvalue weighted by molar-refractivity contribution is 6.23. The summed E-state index contributed by atoms with van der Waals surface area (Å²) in [6, 6.07) is 3.63. The lowest BCUT2D eigenvalue weighted by Gasteiger charge is -2.24. The van der Waals surface area contributed by atoms with Gasteiger partial charge in [-0.2, -0.15) is 0 Å². The molecule has 0 bridgehead atoms. The molecule has 0 aliphatic carbocycles. The third kappa shape index (κ3) is 6.63. The quantitative estimate of drug-likeness (QED) is 0.221. The van der Waals surface area contributed by atoms with Gasteiger partial charge in [-0.15, -0.1) is 0 Å². The van der Waals surface area contributed by atoms with Crippen molar-refractivity contribution in [2.24, 2.45) is 0 Å². The van der Waals surface area contributed by atoms with Gasteiger partial charge in [-0.25, -0.2) is 0 Å². The first kappa shape index (κ1) is 27.0. The van der Waals surface area contributed by atoms with Gasteiger partial charge in [-0.1, -0.05) is 0 Å². The number of nitrogens with one attached hydrogen (secondary N) is 2. The Kier molecular flexibility index (Phi) is 10.7. The van der Waals surface area contributed by atoms with Crippen LogP contribution in [0.4, 0.5) is 0 Å². The molecule has 0 radical (unpaired) electrons. The van der Waals surface area contributed by atoms with Crippen molar-refractivity contribution in [3.8, 4) is 5.75 Å². The van der Waals surface area contributed by atoms with E-state index in [0.29, 0.717) is 38.3 Å². The molecule has 0 saturated heterocycles. The maximum atomic E-state index is 12.9. The van der Waals surface area contributed by atoms with Crippen molar-refractivity contribution in [1.82, 2.24) is 20.4 Å². The van der Waals surface area contributed by atoms with Crippen LogP contribution in [0, 0.1) is 0 Å². The van der Waals surface area contributed by atoms with Crippen LogP contribution in [-0.4, -0.2) is 86.1 Å². The second kappa shape index (κ2) is 13.4. The van der Waals surface area contributed by atoms with Gasteiger partial charge in [-0.05, 0) is 57.9 Å². The lowest BCUT2D eigenvalue weighted by Crippen LogP contribution is -2.48. The number of unbranched alkanes of at least 4 members (excludes halogenated alkanes) is 2. The van der Waals surface area contributed by atoms with Crippen molar-refractivity contribution in [3.63, 3.8) is 0 Å². The van der Waals surface area contributed by atoms with E-state index in [9.17, 15) is 24.0 Å². The summed E-state index contributed by atoms with van der Waals surface area (Å²) < 4.78 is 5.77. The van der Waals surface area contributed by atoms with Crippen LogP contribution in [0.5, 0.6) is 5.75 Å². The van der Waals surface area contributed by atoms with Crippen LogP contribution in [0.15, 0.2) is 18.2 Å². The van der Waals surface area contributed by atoms with E-state index in [2.05, 4.69) is 10.6 Å². The number of carbonyl (C=O) groups is 5. The molecule has 186 valence electrons. The zero-order valence-electron chi connectivity index (χ0n) is 20.1. The predicted molar refractivity (Wildman–Crippen MR) is 126 cm³/mol. The van der Waals surface area contributed by atoms with Crippen molar-refractivity contribution < 1.29 is 28.7 Å². The first-order valence-corrected chi connectivity index (χ1v) is 11.6. The highest BCUT2D eigenvalue weighted by Gasteiger charge is 2.42. The number of ether oxygens (including phenoxy) is 1. The molecule has 1 aromatic rings. The van der Waals surface area contributed by atoms with E-state index in [1.165, 1.54) is 19.2 Å². The van der Waals surface area contributed by atoms with E-state index in [1.54, 1.807) is 13.1 Å². The van der Waals surface area contributed by atoms with Crippen molar-refractivity contribution in [1.29, 1.82) is 0 Å². The van der Waals surface area contributed by atoms with E-state index in [0.717, 1.165) is 24.2 Å². The smallest absolute Gasteiger partial charge is 0.262 e. The van der Waals surface area contributed by atoms with E-state index in [1.807, 2.05) is 11.8 Å². The second-order valence-electron chi connectivity index (χ2n) is 7.97. The van der Waals surface area contributed by atoms with Gasteiger partial charge in [-0.3, -0.25) is 24.1 Å². The third-order valence-electron chi connectivity index (χ3n) is 5.71. The molecule has 0 spiro atoms. The van der Waals surface area contributed by atoms with Gasteiger partial charge in [0.2, 0.25) is 11.8 Å². The number of hydrogen-bond donors (Lipinski definition) is 2. The zero-order valence-corrected chi connectivity index (χ0v) is 20.1. The number of amides is 4. The minimum Gasteiger partial charge on any atom is -0.494 e. The average Bonchev–Trinajstić information content (AvgIpc) is 3.08. The van der Waals surface area contributed by atoms with Gasteiger partial charge in [0, 0.05) is 26.6 Å². The number of benzene rings is 1. The highest BCUT2D eigenvalue weighted by atomic mass is 16.5. The molecule has 10 nitrogen and oxygen atoms in total. The largest absolute Gasteiger partial charge is 0.494 e. The summed E-state index contributed by atoms with van der Waals surface area (Å²) in [6.45, 7) is 4.08. The number of likely N-dealkylation sites (N-methyl/N-ethyl adjacent to an activating group) is 3. The first-order chi connectivity index (χ1) is 16.4. The lowest BCUT2D eigenvalue weighted by molar-refractivity contribution is -0.130. The maximum Gasteiger partial charge on any atom is 0.262 e. The number of aldehydes is 1. The molecule has 1 aliphatic heterocycles. The SMILES string of the molecule is CCN(CCCCCOc1ccc2c(c1)C(=O)N(C(CCC=O)C(=O)NC)C2=O)C(=O)CNC. The van der Waals surface area contributed by atoms with Gasteiger partial charge in [0.25, 0.3) is 11.8 Å². The van der Waals surface area contributed by atoms with Gasteiger partial charge in [0.15, 0.2) is 0 Å². The molecule has 2 N–H and O–H groups in total. The van der Waals surface area contributed by atoms with Gasteiger partial charge in [0.05, 0.1) is 24.3 Å². The van der Waals surface area contributed by atoms with Crippen molar-refractivity contribution in [3.05, 3.63) is 29.3 Å². The fourth-order valence-corrected chi connectivity index (χ4v) is 3.88. The summed E-state index contributed by atoms with van der Waals surface area (Å²) in [6.07, 6.45) is 3.29. The Hall–Kier alpha value is -3.27. The zero-order chi connectivity index (χ0) is 25.1. The molecule has 4 amide bonds. The van der Waals surface area contributed by atoms with Gasteiger partial charge >= 0.3 is 0 Å². The summed E-state index contributed by atoms with van der Waals surface area (Å²) in [4.78, 5) is 63.4. The van der Waals surface area contributed by atoms with Crippen LogP contribution in [0.1, 0.15) is 59.7 Å². The molecular weight excluding hydrogens is 440 g/mol. The predicted octanol–water partition coefficient (Wildman–Crippen LogP) is 0.993. The Morgan fingerprint density at radius 3 is 2.50 bits per heavy atom. The molecule has 1 atom stereocenters. The number of nitrogens with zero attached hydrogens (tertiary/aromatic N) is 2. The Morgan fingerprint density at radius 2 is 1.85 bits per heavy atom. The Labute approximate surface area is 200 Å². The lowest BCUT2D eigenvalue weighted by atomic mass is 10.1. The number of imide groups is 1. The fraction of sp³-hybridized carbons (Fsp3) is 0.542. The van der Waals surface area contributed by atoms with E-state index in [-0.39, 0.29) is 29.9 Å². The van der Waals surface area contributed by atoms with Gasteiger partial charge in [0.1, 0.15) is 18.1 Å². The second-order valence-corrected chi connectivity index (χ2v) is 7.97. The summed E-state index contributed by atoms with van der Waals surface area (Å²) in [5.74, 6) is -1.08. The average molecular weight is 475 g/mol. The van der Waals surface area contributed by atoms with Crippen LogP contribution in [0.2, 0.25) is 0 Å². The Bertz CT molecular complexity index is 903. The number of rotatable bonds is 15. The monoisotopic (exact) mass is 474 g/mol. The number of hydrogen-bond acceptors (Lipinski definition) is 7. The number of fused-ring (bicyclic) bond motifs is 1. The van der Waals surface area contributed by atoms with Crippen LogP contribution in [0.3, 0.4) is 0 Å². The van der Waals surface area contributed by atoms with Crippen LogP contribution < -0.4 is 15.4 Å². The Balaban J connectivity index is 1.92. The van der Waals surface area contributed by atoms with Crippen molar-refractivity contribution >= 4 is 29.9 Å². The minimum atomic E-state index is -1.05.